The molecule has 21 heavy (non-hydrogen) atoms. The van der Waals surface area contributed by atoms with Crippen molar-refractivity contribution in [3.8, 4) is 0 Å². The van der Waals surface area contributed by atoms with Crippen molar-refractivity contribution in [1.29, 1.82) is 0 Å². The molecule has 0 radical (unpaired) electrons. The normalized spacial score (nSPS) is 27.7. The fourth-order valence-electron chi connectivity index (χ4n) is 3.94. The molecule has 4 atom stereocenters. The van der Waals surface area contributed by atoms with Crippen LogP contribution in [0.15, 0.2) is 36.5 Å². The van der Waals surface area contributed by atoms with Crippen LogP contribution in [0.1, 0.15) is 44.7 Å². The standard InChI is InChI=1S/C19H26N2/c1-13-9-10-15(12-14(13)2)19(20-3)17-6-4-8-18-16(17)7-5-11-21-18/h4-8,11,13-15,19-20H,9-10,12H2,1-3H3. The lowest BCUT2D eigenvalue weighted by molar-refractivity contribution is 0.175. The number of rotatable bonds is 3. The Morgan fingerprint density at radius 1 is 1.10 bits per heavy atom. The van der Waals surface area contributed by atoms with Gasteiger partial charge in [-0.15, -0.1) is 0 Å². The summed E-state index contributed by atoms with van der Waals surface area (Å²) < 4.78 is 0. The van der Waals surface area contributed by atoms with Gasteiger partial charge in [0.05, 0.1) is 5.52 Å². The van der Waals surface area contributed by atoms with Gasteiger partial charge in [-0.3, -0.25) is 4.98 Å². The minimum absolute atomic E-state index is 0.438. The van der Waals surface area contributed by atoms with Crippen LogP contribution >= 0.6 is 0 Å². The van der Waals surface area contributed by atoms with Crippen LogP contribution < -0.4 is 5.32 Å². The molecule has 0 saturated heterocycles. The number of nitrogens with one attached hydrogen (secondary N) is 1. The van der Waals surface area contributed by atoms with Gasteiger partial charge in [-0.2, -0.15) is 0 Å². The third-order valence-corrected chi connectivity index (χ3v) is 5.44. The zero-order valence-electron chi connectivity index (χ0n) is 13.3. The van der Waals surface area contributed by atoms with Crippen LogP contribution in [-0.2, 0) is 0 Å². The molecule has 2 heteroatoms. The molecule has 0 amide bonds. The highest BCUT2D eigenvalue weighted by Gasteiger charge is 2.30. The molecule has 1 aliphatic rings. The smallest absolute Gasteiger partial charge is 0.0705 e. The van der Waals surface area contributed by atoms with Crippen LogP contribution in [0.25, 0.3) is 10.9 Å². The molecule has 2 nitrogen and oxygen atoms in total. The molecule has 1 fully saturated rings. The average molecular weight is 282 g/mol. The minimum atomic E-state index is 0.438. The van der Waals surface area contributed by atoms with Crippen molar-refractivity contribution < 1.29 is 0 Å². The second-order valence-corrected chi connectivity index (χ2v) is 6.71. The van der Waals surface area contributed by atoms with Crippen LogP contribution in [-0.4, -0.2) is 12.0 Å². The first-order valence-electron chi connectivity index (χ1n) is 8.21. The van der Waals surface area contributed by atoms with Crippen molar-refractivity contribution in [2.75, 3.05) is 7.05 Å². The summed E-state index contributed by atoms with van der Waals surface area (Å²) >= 11 is 0. The van der Waals surface area contributed by atoms with Gasteiger partial charge in [0, 0.05) is 17.6 Å². The van der Waals surface area contributed by atoms with Gasteiger partial charge < -0.3 is 5.32 Å². The van der Waals surface area contributed by atoms with Crippen molar-refractivity contribution in [2.24, 2.45) is 17.8 Å². The van der Waals surface area contributed by atoms with Crippen molar-refractivity contribution in [3.63, 3.8) is 0 Å². The van der Waals surface area contributed by atoms with Crippen molar-refractivity contribution in [1.82, 2.24) is 10.3 Å². The monoisotopic (exact) mass is 282 g/mol. The predicted octanol–water partition coefficient (Wildman–Crippen LogP) is 4.57. The van der Waals surface area contributed by atoms with E-state index in [1.165, 1.54) is 30.2 Å². The van der Waals surface area contributed by atoms with Gasteiger partial charge >= 0.3 is 0 Å². The molecule has 0 bridgehead atoms. The van der Waals surface area contributed by atoms with E-state index >= 15 is 0 Å². The Labute approximate surface area is 128 Å². The van der Waals surface area contributed by atoms with E-state index in [4.69, 9.17) is 0 Å². The number of hydrogen-bond acceptors (Lipinski definition) is 2. The van der Waals surface area contributed by atoms with Crippen molar-refractivity contribution >= 4 is 10.9 Å². The number of nitrogens with zero attached hydrogens (tertiary/aromatic N) is 1. The summed E-state index contributed by atoms with van der Waals surface area (Å²) in [5.41, 5.74) is 2.52. The van der Waals surface area contributed by atoms with Gasteiger partial charge in [0.25, 0.3) is 0 Å². The molecule has 4 unspecified atom stereocenters. The van der Waals surface area contributed by atoms with E-state index < -0.39 is 0 Å². The van der Waals surface area contributed by atoms with Gasteiger partial charge in [0.15, 0.2) is 0 Å². The Balaban J connectivity index is 1.95. The second kappa shape index (κ2) is 6.15. The van der Waals surface area contributed by atoms with Crippen molar-refractivity contribution in [2.45, 2.75) is 39.2 Å². The molecule has 0 spiro atoms. The molecule has 1 aromatic carbocycles. The van der Waals surface area contributed by atoms with Gasteiger partial charge in [-0.25, -0.2) is 0 Å². The Morgan fingerprint density at radius 2 is 1.95 bits per heavy atom. The SMILES string of the molecule is CNC(c1cccc2ncccc12)C1CCC(C)C(C)C1. The van der Waals surface area contributed by atoms with E-state index in [-0.39, 0.29) is 0 Å². The first-order valence-corrected chi connectivity index (χ1v) is 8.21. The summed E-state index contributed by atoms with van der Waals surface area (Å²) in [6, 6.07) is 11.2. The minimum Gasteiger partial charge on any atom is -0.313 e. The van der Waals surface area contributed by atoms with Gasteiger partial charge in [-0.05, 0) is 55.3 Å². The topological polar surface area (TPSA) is 24.9 Å². The number of fused-ring (bicyclic) bond motifs is 1. The predicted molar refractivity (Wildman–Crippen MR) is 89.2 cm³/mol. The Morgan fingerprint density at radius 3 is 2.71 bits per heavy atom. The van der Waals surface area contributed by atoms with E-state index in [0.717, 1.165) is 23.3 Å². The lowest BCUT2D eigenvalue weighted by Crippen LogP contribution is -2.31. The Bertz CT molecular complexity index is 602. The number of pyridine rings is 1. The summed E-state index contributed by atoms with van der Waals surface area (Å²) in [4.78, 5) is 4.50. The fourth-order valence-corrected chi connectivity index (χ4v) is 3.94. The molecule has 1 saturated carbocycles. The Hall–Kier alpha value is -1.41. The van der Waals surface area contributed by atoms with Crippen LogP contribution in [0, 0.1) is 17.8 Å². The maximum atomic E-state index is 4.50. The molecule has 2 aromatic rings. The summed E-state index contributed by atoms with van der Waals surface area (Å²) in [6.07, 6.45) is 5.88. The largest absolute Gasteiger partial charge is 0.313 e. The first kappa shape index (κ1) is 14.5. The van der Waals surface area contributed by atoms with Gasteiger partial charge in [0.2, 0.25) is 0 Å². The summed E-state index contributed by atoms with van der Waals surface area (Å²) in [5, 5.41) is 4.88. The zero-order chi connectivity index (χ0) is 14.8. The average Bonchev–Trinajstić information content (AvgIpc) is 2.52. The highest BCUT2D eigenvalue weighted by molar-refractivity contribution is 5.82. The first-order chi connectivity index (χ1) is 10.2. The number of aromatic nitrogens is 1. The Kier molecular flexibility index (Phi) is 4.25. The third-order valence-electron chi connectivity index (χ3n) is 5.44. The maximum absolute atomic E-state index is 4.50. The number of benzene rings is 1. The highest BCUT2D eigenvalue weighted by atomic mass is 14.9. The van der Waals surface area contributed by atoms with Crippen LogP contribution in [0.2, 0.25) is 0 Å². The molecule has 3 rings (SSSR count). The molecule has 0 aliphatic heterocycles. The summed E-state index contributed by atoms with van der Waals surface area (Å²) in [5.74, 6) is 2.42. The molecule has 1 heterocycles. The highest BCUT2D eigenvalue weighted by Crippen LogP contribution is 2.41. The van der Waals surface area contributed by atoms with Crippen molar-refractivity contribution in [3.05, 3.63) is 42.1 Å². The molecular formula is C19H26N2. The second-order valence-electron chi connectivity index (χ2n) is 6.71. The van der Waals surface area contributed by atoms with Crippen LogP contribution in [0.4, 0.5) is 0 Å². The lowest BCUT2D eigenvalue weighted by Gasteiger charge is -2.37. The molecule has 1 aromatic heterocycles. The molecule has 112 valence electrons. The van der Waals surface area contributed by atoms with E-state index in [2.05, 4.69) is 55.5 Å². The van der Waals surface area contributed by atoms with Gasteiger partial charge in [0.1, 0.15) is 0 Å². The van der Waals surface area contributed by atoms with Crippen LogP contribution in [0.5, 0.6) is 0 Å². The molecule has 1 aliphatic carbocycles. The third kappa shape index (κ3) is 2.82. The van der Waals surface area contributed by atoms with E-state index in [0.29, 0.717) is 6.04 Å². The summed E-state index contributed by atoms with van der Waals surface area (Å²) in [6.45, 7) is 4.81. The molecule has 1 N–H and O–H groups in total. The quantitative estimate of drug-likeness (QED) is 0.892. The van der Waals surface area contributed by atoms with Crippen LogP contribution in [0.3, 0.4) is 0 Å². The van der Waals surface area contributed by atoms with Gasteiger partial charge in [-0.1, -0.05) is 38.5 Å². The fraction of sp³-hybridized carbons (Fsp3) is 0.526. The molecular weight excluding hydrogens is 256 g/mol. The van der Waals surface area contributed by atoms with E-state index in [9.17, 15) is 0 Å². The van der Waals surface area contributed by atoms with E-state index in [1.54, 1.807) is 0 Å². The zero-order valence-corrected chi connectivity index (χ0v) is 13.3. The number of hydrogen-bond donors (Lipinski definition) is 1. The van der Waals surface area contributed by atoms with E-state index in [1.807, 2.05) is 12.3 Å². The lowest BCUT2D eigenvalue weighted by atomic mass is 9.72. The maximum Gasteiger partial charge on any atom is 0.0705 e. The summed E-state index contributed by atoms with van der Waals surface area (Å²) in [7, 11) is 2.10.